The number of fused-ring (bicyclic) bond motifs is 1. The van der Waals surface area contributed by atoms with E-state index in [-0.39, 0.29) is 12.3 Å². The summed E-state index contributed by atoms with van der Waals surface area (Å²) in [5, 5.41) is 10.3. The lowest BCUT2D eigenvalue weighted by atomic mass is 10.1. The van der Waals surface area contributed by atoms with Crippen LogP contribution in [-0.2, 0) is 10.0 Å². The van der Waals surface area contributed by atoms with Crippen LogP contribution in [0, 0.1) is 0 Å². The van der Waals surface area contributed by atoms with E-state index in [4.69, 9.17) is 21.5 Å². The number of anilines is 1. The van der Waals surface area contributed by atoms with Crippen LogP contribution in [0.5, 0.6) is 5.75 Å². The van der Waals surface area contributed by atoms with E-state index in [2.05, 4.69) is 15.6 Å². The summed E-state index contributed by atoms with van der Waals surface area (Å²) in [6.07, 6.45) is 1.27. The molecule has 1 aliphatic heterocycles. The summed E-state index contributed by atoms with van der Waals surface area (Å²) < 4.78 is 28.4. The Hall–Kier alpha value is -2.36. The molecule has 24 heavy (non-hydrogen) atoms. The van der Waals surface area contributed by atoms with Crippen LogP contribution in [-0.4, -0.2) is 26.0 Å². The van der Waals surface area contributed by atoms with E-state index >= 15 is 0 Å². The predicted molar refractivity (Wildman–Crippen MR) is 87.5 cm³/mol. The molecule has 10 heteroatoms. The molecule has 4 N–H and O–H groups in total. The third kappa shape index (κ3) is 3.42. The minimum atomic E-state index is -4.06. The van der Waals surface area contributed by atoms with Crippen molar-refractivity contribution in [3.63, 3.8) is 0 Å². The number of urea groups is 1. The fraction of sp³-hybridized carbons (Fsp3) is 0.143. The number of aromatic nitrogens is 1. The first-order valence-corrected chi connectivity index (χ1v) is 8.74. The molecule has 1 atom stereocenters. The molecule has 0 saturated carbocycles. The van der Waals surface area contributed by atoms with Crippen LogP contribution in [0.4, 0.5) is 10.5 Å². The Morgan fingerprint density at radius 3 is 2.92 bits per heavy atom. The van der Waals surface area contributed by atoms with Gasteiger partial charge in [0, 0.05) is 16.8 Å². The molecule has 0 radical (unpaired) electrons. The number of rotatable bonds is 3. The summed E-state index contributed by atoms with van der Waals surface area (Å²) in [5.74, 6) is 0.635. The maximum Gasteiger partial charge on any atom is 0.319 e. The topological polar surface area (TPSA) is 123 Å². The summed E-state index contributed by atoms with van der Waals surface area (Å²) in [4.78, 5) is 15.9. The van der Waals surface area contributed by atoms with Crippen molar-refractivity contribution < 1.29 is 17.9 Å². The molecular formula is C14H13ClN4O4S. The summed E-state index contributed by atoms with van der Waals surface area (Å²) in [7, 11) is -4.06. The highest BCUT2D eigenvalue weighted by molar-refractivity contribution is 7.89. The number of nitrogens with one attached hydrogen (secondary N) is 2. The fourth-order valence-corrected chi connectivity index (χ4v) is 3.15. The van der Waals surface area contributed by atoms with Gasteiger partial charge in [-0.15, -0.1) is 0 Å². The summed E-state index contributed by atoms with van der Waals surface area (Å²) in [6.45, 7) is 0.248. The molecule has 1 aliphatic rings. The normalized spacial score (nSPS) is 16.2. The molecule has 1 aromatic heterocycles. The molecule has 0 spiro atoms. The van der Waals surface area contributed by atoms with Gasteiger partial charge in [-0.2, -0.15) is 0 Å². The van der Waals surface area contributed by atoms with Crippen molar-refractivity contribution in [2.45, 2.75) is 11.1 Å². The molecule has 3 rings (SSSR count). The molecule has 2 heterocycles. The standard InChI is InChI=1S/C14H13ClN4O4S/c15-8-3-4-12-9(6-8)11(7-23-12)19-14(20)18-10-2-1-5-17-13(10)24(16,21)22/h1-6,11H,7H2,(H2,16,21,22)(H2,18,19,20). The number of hydrogen-bond donors (Lipinski definition) is 3. The number of amides is 2. The fourth-order valence-electron chi connectivity index (χ4n) is 2.33. The van der Waals surface area contributed by atoms with Gasteiger partial charge in [-0.05, 0) is 30.3 Å². The average molecular weight is 369 g/mol. The number of primary sulfonamides is 1. The van der Waals surface area contributed by atoms with Crippen LogP contribution >= 0.6 is 11.6 Å². The van der Waals surface area contributed by atoms with Crippen LogP contribution in [0.1, 0.15) is 11.6 Å². The van der Waals surface area contributed by atoms with Crippen molar-refractivity contribution in [3.8, 4) is 5.75 Å². The van der Waals surface area contributed by atoms with E-state index in [0.29, 0.717) is 10.8 Å². The smallest absolute Gasteiger partial charge is 0.319 e. The highest BCUT2D eigenvalue weighted by Gasteiger charge is 2.26. The Bertz CT molecular complexity index is 903. The quantitative estimate of drug-likeness (QED) is 0.759. The SMILES string of the molecule is NS(=O)(=O)c1ncccc1NC(=O)NC1COc2ccc(Cl)cc21. The number of pyridine rings is 1. The van der Waals surface area contributed by atoms with Crippen molar-refractivity contribution in [2.75, 3.05) is 11.9 Å². The molecule has 126 valence electrons. The molecule has 0 bridgehead atoms. The van der Waals surface area contributed by atoms with Gasteiger partial charge in [-0.3, -0.25) is 0 Å². The predicted octanol–water partition coefficient (Wildman–Crippen LogP) is 1.64. The molecule has 0 fully saturated rings. The van der Waals surface area contributed by atoms with E-state index in [1.54, 1.807) is 18.2 Å². The molecule has 8 nitrogen and oxygen atoms in total. The maximum absolute atomic E-state index is 12.2. The first-order valence-electron chi connectivity index (χ1n) is 6.82. The van der Waals surface area contributed by atoms with Crippen molar-refractivity contribution in [2.24, 2.45) is 5.14 Å². The van der Waals surface area contributed by atoms with E-state index in [9.17, 15) is 13.2 Å². The van der Waals surface area contributed by atoms with Crippen molar-refractivity contribution >= 4 is 33.3 Å². The largest absolute Gasteiger partial charge is 0.491 e. The van der Waals surface area contributed by atoms with Gasteiger partial charge in [0.05, 0.1) is 11.7 Å². The number of carbonyl (C=O) groups excluding carboxylic acids is 1. The minimum absolute atomic E-state index is 0.0114. The molecule has 1 aromatic carbocycles. The molecule has 2 aromatic rings. The Labute approximate surface area is 143 Å². The summed E-state index contributed by atoms with van der Waals surface area (Å²) in [6, 6.07) is 6.96. The van der Waals surface area contributed by atoms with Gasteiger partial charge < -0.3 is 15.4 Å². The first-order chi connectivity index (χ1) is 11.3. The molecule has 2 amide bonds. The number of nitrogens with zero attached hydrogens (tertiary/aromatic N) is 1. The minimum Gasteiger partial charge on any atom is -0.491 e. The number of carbonyl (C=O) groups is 1. The Morgan fingerprint density at radius 2 is 2.17 bits per heavy atom. The summed E-state index contributed by atoms with van der Waals surface area (Å²) >= 11 is 5.95. The van der Waals surface area contributed by atoms with E-state index in [1.807, 2.05) is 0 Å². The highest BCUT2D eigenvalue weighted by Crippen LogP contribution is 2.34. The third-order valence-corrected chi connectivity index (χ3v) is 4.45. The second-order valence-electron chi connectivity index (χ2n) is 5.05. The lowest BCUT2D eigenvalue weighted by Gasteiger charge is -2.14. The van der Waals surface area contributed by atoms with Crippen LogP contribution in [0.25, 0.3) is 0 Å². The number of ether oxygens (including phenoxy) is 1. The second-order valence-corrected chi connectivity index (χ2v) is 6.96. The first kappa shape index (κ1) is 16.5. The average Bonchev–Trinajstić information content (AvgIpc) is 2.89. The van der Waals surface area contributed by atoms with Gasteiger partial charge in [0.1, 0.15) is 12.4 Å². The lowest BCUT2D eigenvalue weighted by molar-refractivity contribution is 0.243. The molecule has 0 saturated heterocycles. The second kappa shape index (κ2) is 6.27. The van der Waals surface area contributed by atoms with Crippen LogP contribution in [0.2, 0.25) is 5.02 Å². The number of benzene rings is 1. The zero-order valence-corrected chi connectivity index (χ0v) is 13.8. The van der Waals surface area contributed by atoms with Gasteiger partial charge in [-0.1, -0.05) is 11.6 Å². The van der Waals surface area contributed by atoms with Crippen LogP contribution in [0.15, 0.2) is 41.6 Å². The van der Waals surface area contributed by atoms with Crippen LogP contribution in [0.3, 0.4) is 0 Å². The van der Waals surface area contributed by atoms with Crippen molar-refractivity contribution in [1.82, 2.24) is 10.3 Å². The Morgan fingerprint density at radius 1 is 1.38 bits per heavy atom. The van der Waals surface area contributed by atoms with E-state index < -0.39 is 27.1 Å². The van der Waals surface area contributed by atoms with Gasteiger partial charge in [0.25, 0.3) is 10.0 Å². The third-order valence-electron chi connectivity index (χ3n) is 3.35. The monoisotopic (exact) mass is 368 g/mol. The molecular weight excluding hydrogens is 356 g/mol. The van der Waals surface area contributed by atoms with Crippen molar-refractivity contribution in [1.29, 1.82) is 0 Å². The molecule has 1 unspecified atom stereocenters. The maximum atomic E-state index is 12.2. The van der Waals surface area contributed by atoms with Gasteiger partial charge in [0.15, 0.2) is 5.03 Å². The number of nitrogens with two attached hydrogens (primary N) is 1. The Balaban J connectivity index is 1.76. The van der Waals surface area contributed by atoms with Crippen LogP contribution < -0.4 is 20.5 Å². The summed E-state index contributed by atoms with van der Waals surface area (Å²) in [5.41, 5.74) is 0.734. The zero-order valence-electron chi connectivity index (χ0n) is 12.2. The van der Waals surface area contributed by atoms with Gasteiger partial charge >= 0.3 is 6.03 Å². The Kier molecular flexibility index (Phi) is 4.31. The van der Waals surface area contributed by atoms with E-state index in [0.717, 1.165) is 5.56 Å². The van der Waals surface area contributed by atoms with Gasteiger partial charge in [0.2, 0.25) is 0 Å². The number of hydrogen-bond acceptors (Lipinski definition) is 5. The molecule has 0 aliphatic carbocycles. The van der Waals surface area contributed by atoms with Crippen molar-refractivity contribution in [3.05, 3.63) is 47.1 Å². The van der Waals surface area contributed by atoms with Gasteiger partial charge in [-0.25, -0.2) is 23.3 Å². The number of sulfonamides is 1. The van der Waals surface area contributed by atoms with E-state index in [1.165, 1.54) is 18.3 Å². The lowest BCUT2D eigenvalue weighted by Crippen LogP contribution is -2.34. The highest BCUT2D eigenvalue weighted by atomic mass is 35.5. The number of halogens is 1. The zero-order chi connectivity index (χ0) is 17.3.